The Hall–Kier alpha value is -1.88. The predicted octanol–water partition coefficient (Wildman–Crippen LogP) is 4.43. The summed E-state index contributed by atoms with van der Waals surface area (Å²) in [6.07, 6.45) is -3.61. The average Bonchev–Trinajstić information content (AvgIpc) is 2.65. The van der Waals surface area contributed by atoms with Crippen molar-refractivity contribution in [3.8, 4) is 0 Å². The monoisotopic (exact) mass is 525 g/mol. The second-order valence-corrected chi connectivity index (χ2v) is 6.16. The molecule has 0 saturated heterocycles. The highest BCUT2D eigenvalue weighted by molar-refractivity contribution is 14.0. The molecule has 0 bridgehead atoms. The highest BCUT2D eigenvalue weighted by Crippen LogP contribution is 2.16. The molecule has 0 fully saturated rings. The van der Waals surface area contributed by atoms with E-state index in [-0.39, 0.29) is 36.4 Å². The Labute approximate surface area is 184 Å². The van der Waals surface area contributed by atoms with Crippen LogP contribution in [-0.4, -0.2) is 32.3 Å². The van der Waals surface area contributed by atoms with Gasteiger partial charge in [-0.25, -0.2) is 4.39 Å². The van der Waals surface area contributed by atoms with E-state index in [9.17, 15) is 17.6 Å². The lowest BCUT2D eigenvalue weighted by Crippen LogP contribution is -2.37. The van der Waals surface area contributed by atoms with Crippen molar-refractivity contribution in [1.29, 1.82) is 0 Å². The van der Waals surface area contributed by atoms with Crippen LogP contribution in [0, 0.1) is 5.82 Å². The number of hydrogen-bond acceptors (Lipinski definition) is 2. The van der Waals surface area contributed by atoms with E-state index in [0.717, 1.165) is 11.1 Å². The van der Waals surface area contributed by atoms with Crippen LogP contribution in [0.1, 0.15) is 16.7 Å². The SMILES string of the molecule is CN=C(NCCc1ccc(F)cc1)NCc1cccc(COCC(F)(F)F)c1.I. The summed E-state index contributed by atoms with van der Waals surface area (Å²) in [6, 6.07) is 13.5. The van der Waals surface area contributed by atoms with Gasteiger partial charge in [0.25, 0.3) is 0 Å². The van der Waals surface area contributed by atoms with Crippen LogP contribution >= 0.6 is 24.0 Å². The molecule has 0 heterocycles. The lowest BCUT2D eigenvalue weighted by atomic mass is 10.1. The molecule has 0 unspecified atom stereocenters. The number of guanidine groups is 1. The van der Waals surface area contributed by atoms with Gasteiger partial charge in [-0.05, 0) is 35.2 Å². The van der Waals surface area contributed by atoms with Crippen molar-refractivity contribution in [3.05, 3.63) is 71.0 Å². The van der Waals surface area contributed by atoms with Gasteiger partial charge in [0.15, 0.2) is 5.96 Å². The Balaban J connectivity index is 0.00000420. The quantitative estimate of drug-likeness (QED) is 0.232. The Morgan fingerprint density at radius 1 is 1.00 bits per heavy atom. The average molecular weight is 525 g/mol. The fourth-order valence-corrected chi connectivity index (χ4v) is 2.50. The van der Waals surface area contributed by atoms with Crippen LogP contribution in [-0.2, 0) is 24.3 Å². The summed E-state index contributed by atoms with van der Waals surface area (Å²) < 4.78 is 54.0. The van der Waals surface area contributed by atoms with Crippen LogP contribution in [0.25, 0.3) is 0 Å². The van der Waals surface area contributed by atoms with Gasteiger partial charge in [-0.3, -0.25) is 4.99 Å². The number of ether oxygens (including phenoxy) is 1. The topological polar surface area (TPSA) is 45.7 Å². The molecule has 0 saturated carbocycles. The van der Waals surface area contributed by atoms with E-state index < -0.39 is 12.8 Å². The van der Waals surface area contributed by atoms with Gasteiger partial charge < -0.3 is 15.4 Å². The number of halogens is 5. The summed E-state index contributed by atoms with van der Waals surface area (Å²) in [5.74, 6) is 0.334. The smallest absolute Gasteiger partial charge is 0.367 e. The highest BCUT2D eigenvalue weighted by Gasteiger charge is 2.27. The zero-order valence-corrected chi connectivity index (χ0v) is 18.3. The van der Waals surface area contributed by atoms with Crippen molar-refractivity contribution >= 4 is 29.9 Å². The van der Waals surface area contributed by atoms with E-state index in [1.165, 1.54) is 12.1 Å². The summed E-state index contributed by atoms with van der Waals surface area (Å²) >= 11 is 0. The van der Waals surface area contributed by atoms with Crippen LogP contribution in [0.5, 0.6) is 0 Å². The van der Waals surface area contributed by atoms with Crippen molar-refractivity contribution in [2.24, 2.45) is 4.99 Å². The molecule has 0 amide bonds. The van der Waals surface area contributed by atoms with Crippen molar-refractivity contribution in [3.63, 3.8) is 0 Å². The third kappa shape index (κ3) is 10.5. The first kappa shape index (κ1) is 25.2. The van der Waals surface area contributed by atoms with Gasteiger partial charge >= 0.3 is 6.18 Å². The van der Waals surface area contributed by atoms with Gasteiger partial charge in [0.05, 0.1) is 6.61 Å². The van der Waals surface area contributed by atoms with E-state index in [2.05, 4.69) is 20.4 Å². The first-order chi connectivity index (χ1) is 13.4. The Morgan fingerprint density at radius 3 is 2.34 bits per heavy atom. The number of nitrogens with one attached hydrogen (secondary N) is 2. The van der Waals surface area contributed by atoms with Crippen molar-refractivity contribution in [2.75, 3.05) is 20.2 Å². The standard InChI is InChI=1S/C20H23F4N3O.HI/c1-25-19(26-10-9-15-5-7-18(21)8-6-15)27-12-16-3-2-4-17(11-16)13-28-14-20(22,23)24;/h2-8,11H,9-10,12-14H2,1H3,(H2,25,26,27);1H. The van der Waals surface area contributed by atoms with Gasteiger partial charge in [0.1, 0.15) is 12.4 Å². The summed E-state index contributed by atoms with van der Waals surface area (Å²) in [6.45, 7) is -0.280. The maximum Gasteiger partial charge on any atom is 0.411 e. The van der Waals surface area contributed by atoms with E-state index in [1.807, 2.05) is 6.07 Å². The maximum absolute atomic E-state index is 12.9. The molecule has 2 N–H and O–H groups in total. The Kier molecular flexibility index (Phi) is 11.0. The first-order valence-electron chi connectivity index (χ1n) is 8.77. The highest BCUT2D eigenvalue weighted by atomic mass is 127. The second-order valence-electron chi connectivity index (χ2n) is 6.16. The van der Waals surface area contributed by atoms with Crippen LogP contribution in [0.15, 0.2) is 53.5 Å². The molecule has 2 rings (SSSR count). The Morgan fingerprint density at radius 2 is 1.69 bits per heavy atom. The number of nitrogens with zero attached hydrogens (tertiary/aromatic N) is 1. The third-order valence-electron chi connectivity index (χ3n) is 3.83. The zero-order chi connectivity index (χ0) is 20.4. The van der Waals surface area contributed by atoms with Crippen LogP contribution in [0.2, 0.25) is 0 Å². The van der Waals surface area contributed by atoms with Crippen LogP contribution in [0.3, 0.4) is 0 Å². The van der Waals surface area contributed by atoms with E-state index in [1.54, 1.807) is 37.4 Å². The minimum Gasteiger partial charge on any atom is -0.367 e. The molecule has 29 heavy (non-hydrogen) atoms. The largest absolute Gasteiger partial charge is 0.411 e. The molecule has 160 valence electrons. The molecule has 0 aliphatic carbocycles. The molecule has 0 atom stereocenters. The number of hydrogen-bond donors (Lipinski definition) is 2. The fraction of sp³-hybridized carbons (Fsp3) is 0.350. The van der Waals surface area contributed by atoms with Gasteiger partial charge in [-0.15, -0.1) is 24.0 Å². The molecule has 4 nitrogen and oxygen atoms in total. The Bertz CT molecular complexity index is 767. The molecule has 2 aromatic rings. The second kappa shape index (κ2) is 12.6. The van der Waals surface area contributed by atoms with E-state index >= 15 is 0 Å². The summed E-state index contributed by atoms with van der Waals surface area (Å²) in [4.78, 5) is 4.13. The number of benzene rings is 2. The predicted molar refractivity (Wildman–Crippen MR) is 116 cm³/mol. The van der Waals surface area contributed by atoms with E-state index in [0.29, 0.717) is 31.0 Å². The normalized spacial score (nSPS) is 11.7. The molecule has 0 aromatic heterocycles. The molecule has 0 radical (unpaired) electrons. The summed E-state index contributed by atoms with van der Waals surface area (Å²) in [7, 11) is 1.65. The fourth-order valence-electron chi connectivity index (χ4n) is 2.50. The minimum atomic E-state index is -4.33. The molecular weight excluding hydrogens is 501 g/mol. The van der Waals surface area contributed by atoms with Crippen molar-refractivity contribution in [1.82, 2.24) is 10.6 Å². The maximum atomic E-state index is 12.9. The van der Waals surface area contributed by atoms with Crippen LogP contribution < -0.4 is 10.6 Å². The summed E-state index contributed by atoms with van der Waals surface area (Å²) in [5, 5.41) is 6.31. The first-order valence-corrected chi connectivity index (χ1v) is 8.77. The van der Waals surface area contributed by atoms with Gasteiger partial charge in [-0.1, -0.05) is 36.4 Å². The number of alkyl halides is 3. The van der Waals surface area contributed by atoms with Crippen molar-refractivity contribution < 1.29 is 22.3 Å². The minimum absolute atomic E-state index is 0. The van der Waals surface area contributed by atoms with Crippen LogP contribution in [0.4, 0.5) is 17.6 Å². The van der Waals surface area contributed by atoms with Gasteiger partial charge in [0.2, 0.25) is 0 Å². The molecule has 0 spiro atoms. The summed E-state index contributed by atoms with van der Waals surface area (Å²) in [5.41, 5.74) is 2.58. The third-order valence-corrected chi connectivity index (χ3v) is 3.83. The molecule has 2 aromatic carbocycles. The molecule has 0 aliphatic heterocycles. The molecule has 0 aliphatic rings. The van der Waals surface area contributed by atoms with Gasteiger partial charge in [-0.2, -0.15) is 13.2 Å². The number of aliphatic imine (C=N–C) groups is 1. The van der Waals surface area contributed by atoms with E-state index in [4.69, 9.17) is 0 Å². The molecule has 9 heteroatoms. The molecular formula is C20H24F4IN3O. The lowest BCUT2D eigenvalue weighted by molar-refractivity contribution is -0.176. The van der Waals surface area contributed by atoms with Crippen molar-refractivity contribution in [2.45, 2.75) is 25.7 Å². The lowest BCUT2D eigenvalue weighted by Gasteiger charge is -2.13. The number of rotatable bonds is 8. The van der Waals surface area contributed by atoms with Gasteiger partial charge in [0, 0.05) is 20.1 Å². The zero-order valence-electron chi connectivity index (χ0n) is 15.9.